The number of aromatic nitrogens is 2. The van der Waals surface area contributed by atoms with Crippen molar-refractivity contribution in [3.05, 3.63) is 69.8 Å². The quantitative estimate of drug-likeness (QED) is 0.723. The topological polar surface area (TPSA) is 91.5 Å². The fraction of sp³-hybridized carbons (Fsp3) is 0.300. The van der Waals surface area contributed by atoms with E-state index in [1.807, 2.05) is 12.1 Å². The molecule has 0 radical (unpaired) electrons. The predicted octanol–water partition coefficient (Wildman–Crippen LogP) is 2.66. The fourth-order valence-corrected chi connectivity index (χ4v) is 3.66. The van der Waals surface area contributed by atoms with Gasteiger partial charge in [0.05, 0.1) is 12.1 Å². The molecule has 1 aliphatic rings. The molecule has 1 atom stereocenters. The molecule has 7 heteroatoms. The van der Waals surface area contributed by atoms with Gasteiger partial charge in [0.1, 0.15) is 11.5 Å². The monoisotopic (exact) mass is 367 g/mol. The molecule has 0 bridgehead atoms. The van der Waals surface area contributed by atoms with Crippen molar-refractivity contribution in [3.8, 4) is 11.3 Å². The van der Waals surface area contributed by atoms with Crippen LogP contribution in [0.1, 0.15) is 34.2 Å². The van der Waals surface area contributed by atoms with Gasteiger partial charge in [0, 0.05) is 36.8 Å². The average Bonchev–Trinajstić information content (AvgIpc) is 3.37. The average molecular weight is 367 g/mol. The zero-order valence-corrected chi connectivity index (χ0v) is 15.0. The van der Waals surface area contributed by atoms with Crippen LogP contribution in [0.25, 0.3) is 11.3 Å². The first kappa shape index (κ1) is 17.4. The Morgan fingerprint density at radius 3 is 2.85 bits per heavy atom. The number of H-pyrrole nitrogens is 1. The largest absolute Gasteiger partial charge is 0.478 e. The van der Waals surface area contributed by atoms with Crippen LogP contribution < -0.4 is 5.56 Å². The number of carboxylic acid groups (broad SMARTS) is 1. The smallest absolute Gasteiger partial charge is 0.336 e. The number of nitrogens with zero attached hydrogens (tertiary/aromatic N) is 2. The van der Waals surface area contributed by atoms with Gasteiger partial charge < -0.3 is 9.52 Å². The molecule has 7 nitrogen and oxygen atoms in total. The van der Waals surface area contributed by atoms with E-state index < -0.39 is 5.97 Å². The normalized spacial score (nSPS) is 17.4. The van der Waals surface area contributed by atoms with E-state index in [2.05, 4.69) is 10.00 Å². The van der Waals surface area contributed by atoms with E-state index in [0.717, 1.165) is 31.0 Å². The van der Waals surface area contributed by atoms with E-state index in [9.17, 15) is 14.7 Å². The lowest BCUT2D eigenvalue weighted by Crippen LogP contribution is -2.19. The molecule has 4 rings (SSSR count). The molecule has 0 spiro atoms. The highest BCUT2D eigenvalue weighted by atomic mass is 16.4. The summed E-state index contributed by atoms with van der Waals surface area (Å²) >= 11 is 0. The third kappa shape index (κ3) is 3.46. The second-order valence-corrected chi connectivity index (χ2v) is 6.95. The summed E-state index contributed by atoms with van der Waals surface area (Å²) in [7, 11) is 1.72. The highest BCUT2D eigenvalue weighted by molar-refractivity contribution is 5.95. The number of aromatic amines is 1. The summed E-state index contributed by atoms with van der Waals surface area (Å²) in [4.78, 5) is 25.3. The van der Waals surface area contributed by atoms with Gasteiger partial charge in [-0.1, -0.05) is 18.2 Å². The van der Waals surface area contributed by atoms with Gasteiger partial charge in [0.2, 0.25) is 0 Å². The van der Waals surface area contributed by atoms with Crippen LogP contribution in [0.5, 0.6) is 0 Å². The molecule has 27 heavy (non-hydrogen) atoms. The number of nitrogens with one attached hydrogen (secondary N) is 1. The molecule has 0 unspecified atom stereocenters. The molecule has 3 aromatic rings. The first-order chi connectivity index (χ1) is 13.0. The number of furan rings is 1. The maximum atomic E-state index is 11.6. The van der Waals surface area contributed by atoms with Crippen LogP contribution in [0.4, 0.5) is 0 Å². The lowest BCUT2D eigenvalue weighted by atomic mass is 10.1. The van der Waals surface area contributed by atoms with E-state index in [0.29, 0.717) is 23.8 Å². The van der Waals surface area contributed by atoms with Gasteiger partial charge in [-0.25, -0.2) is 4.79 Å². The molecule has 1 saturated heterocycles. The van der Waals surface area contributed by atoms with Gasteiger partial charge >= 0.3 is 5.97 Å². The van der Waals surface area contributed by atoms with Crippen molar-refractivity contribution in [2.45, 2.75) is 18.9 Å². The van der Waals surface area contributed by atoms with Crippen molar-refractivity contribution in [1.82, 2.24) is 14.7 Å². The number of hydrogen-bond donors (Lipinski definition) is 2. The predicted molar refractivity (Wildman–Crippen MR) is 99.8 cm³/mol. The second-order valence-electron chi connectivity index (χ2n) is 6.95. The third-order valence-corrected chi connectivity index (χ3v) is 5.08. The van der Waals surface area contributed by atoms with E-state index in [-0.39, 0.29) is 11.1 Å². The number of carboxylic acids is 1. The number of hydrogen-bond acceptors (Lipinski definition) is 4. The number of aryl methyl sites for hydroxylation is 1. The molecule has 1 aliphatic heterocycles. The van der Waals surface area contributed by atoms with Crippen LogP contribution in [-0.4, -0.2) is 38.8 Å². The number of aromatic carboxylic acids is 1. The Balaban J connectivity index is 1.46. The lowest BCUT2D eigenvalue weighted by molar-refractivity contribution is 0.0697. The highest BCUT2D eigenvalue weighted by Crippen LogP contribution is 2.29. The van der Waals surface area contributed by atoms with E-state index in [4.69, 9.17) is 4.42 Å². The van der Waals surface area contributed by atoms with Crippen molar-refractivity contribution < 1.29 is 14.3 Å². The summed E-state index contributed by atoms with van der Waals surface area (Å²) in [6.45, 7) is 2.42. The van der Waals surface area contributed by atoms with Crippen LogP contribution in [-0.2, 0) is 13.6 Å². The first-order valence-electron chi connectivity index (χ1n) is 8.91. The SMILES string of the molecule is Cn1[nH]c([C@@H]2CCN(Cc3ccc(-c4ccccc4C(=O)O)o3)C2)cc1=O. The van der Waals surface area contributed by atoms with E-state index >= 15 is 0 Å². The standard InChI is InChI=1S/C20H21N3O4/c1-22-19(24)10-17(21-22)13-8-9-23(11-13)12-14-6-7-18(27-14)15-4-2-3-5-16(15)20(25)26/h2-7,10,13,21H,8-9,11-12H2,1H3,(H,25,26)/t13-/m1/s1. The van der Waals surface area contributed by atoms with Crippen molar-refractivity contribution in [1.29, 1.82) is 0 Å². The van der Waals surface area contributed by atoms with Gasteiger partial charge in [-0.2, -0.15) is 0 Å². The number of benzene rings is 1. The van der Waals surface area contributed by atoms with Crippen LogP contribution in [0.2, 0.25) is 0 Å². The Bertz CT molecular complexity index is 1030. The Hall–Kier alpha value is -3.06. The van der Waals surface area contributed by atoms with Crippen LogP contribution in [0.15, 0.2) is 51.7 Å². The minimum absolute atomic E-state index is 0.0174. The molecule has 1 fully saturated rings. The Morgan fingerprint density at radius 1 is 1.30 bits per heavy atom. The summed E-state index contributed by atoms with van der Waals surface area (Å²) in [5.74, 6) is 0.697. The second kappa shape index (κ2) is 6.92. The molecule has 3 heterocycles. The van der Waals surface area contributed by atoms with Gasteiger partial charge in [0.15, 0.2) is 0 Å². The Labute approximate surface area is 155 Å². The molecule has 0 aliphatic carbocycles. The molecule has 1 aromatic carbocycles. The minimum atomic E-state index is -0.970. The summed E-state index contributed by atoms with van der Waals surface area (Å²) in [6.07, 6.45) is 0.982. The van der Waals surface area contributed by atoms with Crippen LogP contribution >= 0.6 is 0 Å². The zero-order valence-electron chi connectivity index (χ0n) is 15.0. The number of rotatable bonds is 5. The highest BCUT2D eigenvalue weighted by Gasteiger charge is 2.26. The summed E-state index contributed by atoms with van der Waals surface area (Å²) in [5.41, 5.74) is 1.77. The van der Waals surface area contributed by atoms with Crippen molar-refractivity contribution in [2.24, 2.45) is 7.05 Å². The first-order valence-corrected chi connectivity index (χ1v) is 8.91. The van der Waals surface area contributed by atoms with E-state index in [1.54, 1.807) is 37.4 Å². The summed E-state index contributed by atoms with van der Waals surface area (Å²) < 4.78 is 7.42. The zero-order chi connectivity index (χ0) is 19.0. The molecule has 2 aromatic heterocycles. The van der Waals surface area contributed by atoms with Crippen LogP contribution in [0, 0.1) is 0 Å². The van der Waals surface area contributed by atoms with Gasteiger partial charge in [-0.15, -0.1) is 0 Å². The Kier molecular flexibility index (Phi) is 4.45. The number of carbonyl (C=O) groups is 1. The van der Waals surface area contributed by atoms with Crippen LogP contribution in [0.3, 0.4) is 0 Å². The van der Waals surface area contributed by atoms with Crippen molar-refractivity contribution >= 4 is 5.97 Å². The molecule has 2 N–H and O–H groups in total. The summed E-state index contributed by atoms with van der Waals surface area (Å²) in [5, 5.41) is 12.5. The van der Waals surface area contributed by atoms with E-state index in [1.165, 1.54) is 4.68 Å². The molecular formula is C20H21N3O4. The van der Waals surface area contributed by atoms with Gasteiger partial charge in [-0.05, 0) is 31.2 Å². The number of likely N-dealkylation sites (tertiary alicyclic amines) is 1. The molecule has 0 saturated carbocycles. The summed E-state index contributed by atoms with van der Waals surface area (Å²) in [6, 6.07) is 12.2. The lowest BCUT2D eigenvalue weighted by Gasteiger charge is -2.14. The Morgan fingerprint density at radius 2 is 2.11 bits per heavy atom. The van der Waals surface area contributed by atoms with Gasteiger partial charge in [-0.3, -0.25) is 19.5 Å². The molecule has 140 valence electrons. The maximum Gasteiger partial charge on any atom is 0.336 e. The maximum absolute atomic E-state index is 11.6. The fourth-order valence-electron chi connectivity index (χ4n) is 3.66. The van der Waals surface area contributed by atoms with Gasteiger partial charge in [0.25, 0.3) is 5.56 Å². The molecular weight excluding hydrogens is 346 g/mol. The van der Waals surface area contributed by atoms with Crippen molar-refractivity contribution in [2.75, 3.05) is 13.1 Å². The van der Waals surface area contributed by atoms with Crippen molar-refractivity contribution in [3.63, 3.8) is 0 Å². The minimum Gasteiger partial charge on any atom is -0.478 e. The molecule has 0 amide bonds. The third-order valence-electron chi connectivity index (χ3n) is 5.08.